The summed E-state index contributed by atoms with van der Waals surface area (Å²) < 4.78 is 2.39. The molecule has 12 rings (SSSR count). The van der Waals surface area contributed by atoms with Gasteiger partial charge in [0.25, 0.3) is 0 Å². The second-order valence-electron chi connectivity index (χ2n) is 19.5. The average Bonchev–Trinajstić information content (AvgIpc) is 3.70. The monoisotopic (exact) mass is 831 g/mol. The van der Waals surface area contributed by atoms with Crippen LogP contribution in [-0.2, 0) is 5.41 Å². The molecule has 1 N–H and O–H groups in total. The van der Waals surface area contributed by atoms with Crippen molar-refractivity contribution in [2.24, 2.45) is 0 Å². The molecule has 0 aliphatic heterocycles. The molecule has 64 heavy (non-hydrogen) atoms. The summed E-state index contributed by atoms with van der Waals surface area (Å²) in [6.45, 7) is 15.9. The first-order chi connectivity index (χ1) is 30.9. The minimum Gasteiger partial charge on any atom is -0.507 e. The summed E-state index contributed by atoms with van der Waals surface area (Å²) in [5.41, 5.74) is 21.3. The van der Waals surface area contributed by atoms with Crippen LogP contribution in [0.5, 0.6) is 5.75 Å². The van der Waals surface area contributed by atoms with Gasteiger partial charge in [-0.25, -0.2) is 9.97 Å². The van der Waals surface area contributed by atoms with E-state index in [9.17, 15) is 5.11 Å². The van der Waals surface area contributed by atoms with E-state index < -0.39 is 0 Å². The van der Waals surface area contributed by atoms with E-state index in [1.54, 1.807) is 0 Å². The van der Waals surface area contributed by atoms with E-state index in [1.165, 1.54) is 55.8 Å². The van der Waals surface area contributed by atoms with Gasteiger partial charge in [0.05, 0.1) is 28.1 Å². The van der Waals surface area contributed by atoms with E-state index >= 15 is 0 Å². The molecule has 2 heterocycles. The third-order valence-electron chi connectivity index (χ3n) is 13.8. The van der Waals surface area contributed by atoms with Crippen LogP contribution in [0.1, 0.15) is 122 Å². The number of phenols is 1. The van der Waals surface area contributed by atoms with Gasteiger partial charge in [-0.3, -0.25) is 4.57 Å². The van der Waals surface area contributed by atoms with Crippen LogP contribution >= 0.6 is 0 Å². The topological polar surface area (TPSA) is 50.9 Å². The molecule has 4 heteroatoms. The molecular weight excluding hydrogens is 779 g/mol. The highest BCUT2D eigenvalue weighted by Gasteiger charge is 2.41. The first kappa shape index (κ1) is 39.8. The number of nitrogens with zero attached hydrogens (tertiary/aromatic N) is 3. The maximum absolute atomic E-state index is 12.2. The summed E-state index contributed by atoms with van der Waals surface area (Å²) in [4.78, 5) is 10.8. The quantitative estimate of drug-likeness (QED) is 0.174. The summed E-state index contributed by atoms with van der Waals surface area (Å²) in [6.07, 6.45) is 0. The second-order valence-corrected chi connectivity index (χ2v) is 19.5. The minimum atomic E-state index is 0.0290. The van der Waals surface area contributed by atoms with Crippen LogP contribution in [0.25, 0.3) is 61.8 Å². The number of fused-ring (bicyclic) bond motifs is 1. The number of aromatic nitrogens is 3. The molecule has 2 bridgehead atoms. The Hall–Kier alpha value is -7.04. The number of pyridine rings is 1. The minimum absolute atomic E-state index is 0.0290. The van der Waals surface area contributed by atoms with Crippen molar-refractivity contribution in [2.45, 2.75) is 77.6 Å². The van der Waals surface area contributed by atoms with Gasteiger partial charge in [-0.1, -0.05) is 170 Å². The fraction of sp³-hybridized carbons (Fsp3) is 0.200. The first-order valence-electron chi connectivity index (χ1n) is 22.8. The third-order valence-corrected chi connectivity index (χ3v) is 13.8. The lowest BCUT2D eigenvalue weighted by molar-refractivity contribution is 0.475. The van der Waals surface area contributed by atoms with Gasteiger partial charge in [-0.15, -0.1) is 0 Å². The van der Waals surface area contributed by atoms with Crippen molar-refractivity contribution in [2.75, 3.05) is 0 Å². The maximum atomic E-state index is 12.2. The SMILES string of the molecule is CC(C)c1cccc(C(C)C)c1-n1c(-c2cccc(-c3cc(-c4ccc(C(C)(C)C)cc4)cc(-c4cc5c(cc4O)C4c6ccccc6C5c5ccccc54)n3)c2)nc2ccccc21. The average molecular weight is 832 g/mol. The molecule has 3 aliphatic carbocycles. The molecule has 3 aliphatic rings. The van der Waals surface area contributed by atoms with Crippen molar-refractivity contribution in [3.8, 4) is 56.5 Å². The van der Waals surface area contributed by atoms with Crippen molar-refractivity contribution in [3.63, 3.8) is 0 Å². The van der Waals surface area contributed by atoms with Gasteiger partial charge in [0, 0.05) is 28.5 Å². The summed E-state index contributed by atoms with van der Waals surface area (Å²) in [6, 6.07) is 59.1. The Labute approximate surface area is 377 Å². The van der Waals surface area contributed by atoms with Gasteiger partial charge in [-0.05, 0) is 121 Å². The van der Waals surface area contributed by atoms with Gasteiger partial charge in [-0.2, -0.15) is 0 Å². The molecule has 9 aromatic rings. The van der Waals surface area contributed by atoms with Crippen molar-refractivity contribution in [1.29, 1.82) is 0 Å². The molecule has 0 saturated heterocycles. The van der Waals surface area contributed by atoms with Crippen LogP contribution in [-0.4, -0.2) is 19.6 Å². The summed E-state index contributed by atoms with van der Waals surface area (Å²) in [5, 5.41) is 12.2. The molecule has 0 atom stereocenters. The number of hydrogen-bond donors (Lipinski definition) is 1. The highest BCUT2D eigenvalue weighted by molar-refractivity contribution is 5.86. The van der Waals surface area contributed by atoms with Crippen LogP contribution in [0.4, 0.5) is 0 Å². The Bertz CT molecular complexity index is 3210. The standard InChI is InChI=1S/C60H53N3O/c1-35(2)42-22-15-23-43(36(3)4)58(42)63-54-25-13-12-24-51(54)62-59(63)39-17-14-16-38(30-39)52-31-40(37-26-28-41(29-27-37)60(5,6)7)32-53(61-52)50-33-48-49(34-55(50)64)57-46-20-10-8-18-44(46)56(48)45-19-9-11-21-47(45)57/h8-36,56-57,64H,1-7H3. The molecular formula is C60H53N3O. The normalized spacial score (nSPS) is 15.1. The van der Waals surface area contributed by atoms with E-state index in [0.717, 1.165) is 56.1 Å². The molecule has 0 spiro atoms. The summed E-state index contributed by atoms with van der Waals surface area (Å²) >= 11 is 0. The van der Waals surface area contributed by atoms with Crippen LogP contribution in [0, 0.1) is 0 Å². The number of hydrogen-bond acceptors (Lipinski definition) is 3. The van der Waals surface area contributed by atoms with Gasteiger partial charge in [0.2, 0.25) is 0 Å². The number of rotatable bonds is 7. The van der Waals surface area contributed by atoms with Gasteiger partial charge in [0.1, 0.15) is 11.6 Å². The fourth-order valence-electron chi connectivity index (χ4n) is 10.6. The van der Waals surface area contributed by atoms with E-state index in [-0.39, 0.29) is 23.0 Å². The number of imidazole rings is 1. The van der Waals surface area contributed by atoms with Crippen LogP contribution in [0.2, 0.25) is 0 Å². The maximum Gasteiger partial charge on any atom is 0.145 e. The first-order valence-corrected chi connectivity index (χ1v) is 22.8. The largest absolute Gasteiger partial charge is 0.507 e. The number of phenolic OH excluding ortho intramolecular Hbond substituents is 1. The molecule has 0 fully saturated rings. The fourth-order valence-corrected chi connectivity index (χ4v) is 10.6. The summed E-state index contributed by atoms with van der Waals surface area (Å²) in [5.74, 6) is 1.92. The Morgan fingerprint density at radius 2 is 1.03 bits per heavy atom. The zero-order valence-corrected chi connectivity index (χ0v) is 37.7. The van der Waals surface area contributed by atoms with Crippen molar-refractivity contribution in [3.05, 3.63) is 214 Å². The number of para-hydroxylation sites is 3. The Morgan fingerprint density at radius 1 is 0.484 bits per heavy atom. The van der Waals surface area contributed by atoms with Crippen molar-refractivity contribution < 1.29 is 5.11 Å². The molecule has 7 aromatic carbocycles. The molecule has 0 radical (unpaired) electrons. The van der Waals surface area contributed by atoms with Gasteiger partial charge >= 0.3 is 0 Å². The smallest absolute Gasteiger partial charge is 0.145 e. The van der Waals surface area contributed by atoms with Gasteiger partial charge in [0.15, 0.2) is 0 Å². The van der Waals surface area contributed by atoms with Crippen LogP contribution in [0.15, 0.2) is 164 Å². The number of aromatic hydroxyl groups is 1. The summed E-state index contributed by atoms with van der Waals surface area (Å²) in [7, 11) is 0. The molecule has 314 valence electrons. The van der Waals surface area contributed by atoms with E-state index in [2.05, 4.69) is 211 Å². The molecule has 2 aromatic heterocycles. The van der Waals surface area contributed by atoms with Crippen molar-refractivity contribution >= 4 is 11.0 Å². The molecule has 0 saturated carbocycles. The van der Waals surface area contributed by atoms with E-state index in [1.807, 2.05) is 6.07 Å². The Kier molecular flexibility index (Phi) is 9.36. The predicted molar refractivity (Wildman–Crippen MR) is 264 cm³/mol. The predicted octanol–water partition coefficient (Wildman–Crippen LogP) is 15.3. The van der Waals surface area contributed by atoms with Gasteiger partial charge < -0.3 is 5.11 Å². The lowest BCUT2D eigenvalue weighted by Crippen LogP contribution is -2.27. The van der Waals surface area contributed by atoms with Crippen LogP contribution < -0.4 is 0 Å². The zero-order chi connectivity index (χ0) is 44.0. The highest BCUT2D eigenvalue weighted by atomic mass is 16.3. The Morgan fingerprint density at radius 3 is 1.64 bits per heavy atom. The zero-order valence-electron chi connectivity index (χ0n) is 37.7. The molecule has 0 unspecified atom stereocenters. The lowest BCUT2D eigenvalue weighted by atomic mass is 9.61. The van der Waals surface area contributed by atoms with Crippen LogP contribution in [0.3, 0.4) is 0 Å². The number of benzene rings is 7. The van der Waals surface area contributed by atoms with E-state index in [0.29, 0.717) is 11.8 Å². The lowest BCUT2D eigenvalue weighted by Gasteiger charge is -2.42. The molecule has 0 amide bonds. The van der Waals surface area contributed by atoms with E-state index in [4.69, 9.17) is 9.97 Å². The third kappa shape index (κ3) is 6.41. The highest BCUT2D eigenvalue weighted by Crippen LogP contribution is 2.57. The Balaban J connectivity index is 1.10. The second kappa shape index (κ2) is 15.1. The van der Waals surface area contributed by atoms with Crippen molar-refractivity contribution in [1.82, 2.24) is 14.5 Å². The molecule has 4 nitrogen and oxygen atoms in total.